The zero-order valence-corrected chi connectivity index (χ0v) is 19.2. The SMILES string of the molecule is COCCN(C(=O)C1CCCCC1)C(C)c1nc2ccccc2c(=O)n1-c1ccccc1F. The molecule has 0 N–H and O–H groups in total. The number of para-hydroxylation sites is 2. The topological polar surface area (TPSA) is 64.4 Å². The highest BCUT2D eigenvalue weighted by Gasteiger charge is 2.32. The summed E-state index contributed by atoms with van der Waals surface area (Å²) < 4.78 is 21.5. The first-order chi connectivity index (χ1) is 16.0. The molecule has 6 nitrogen and oxygen atoms in total. The van der Waals surface area contributed by atoms with Gasteiger partial charge in [-0.25, -0.2) is 9.37 Å². The number of halogens is 1. The maximum atomic E-state index is 14.9. The van der Waals surface area contributed by atoms with E-state index in [-0.39, 0.29) is 23.1 Å². The van der Waals surface area contributed by atoms with Crippen LogP contribution in [0.1, 0.15) is 50.9 Å². The van der Waals surface area contributed by atoms with Crippen LogP contribution in [-0.2, 0) is 9.53 Å². The lowest BCUT2D eigenvalue weighted by atomic mass is 9.88. The van der Waals surface area contributed by atoms with E-state index in [0.717, 1.165) is 32.1 Å². The van der Waals surface area contributed by atoms with Gasteiger partial charge in [0.25, 0.3) is 5.56 Å². The second kappa shape index (κ2) is 10.3. The van der Waals surface area contributed by atoms with Crippen LogP contribution in [0.3, 0.4) is 0 Å². The van der Waals surface area contributed by atoms with Crippen molar-refractivity contribution in [2.24, 2.45) is 5.92 Å². The average Bonchev–Trinajstić information content (AvgIpc) is 2.85. The molecular weight excluding hydrogens is 421 g/mol. The molecule has 1 unspecified atom stereocenters. The van der Waals surface area contributed by atoms with Crippen LogP contribution in [0.5, 0.6) is 0 Å². The van der Waals surface area contributed by atoms with Crippen molar-refractivity contribution in [1.82, 2.24) is 14.5 Å². The summed E-state index contributed by atoms with van der Waals surface area (Å²) in [6.45, 7) is 2.58. The Morgan fingerprint density at radius 1 is 1.15 bits per heavy atom. The molecule has 0 saturated heterocycles. The van der Waals surface area contributed by atoms with E-state index in [4.69, 9.17) is 9.72 Å². The number of rotatable bonds is 7. The molecule has 0 radical (unpaired) electrons. The minimum Gasteiger partial charge on any atom is -0.383 e. The van der Waals surface area contributed by atoms with E-state index >= 15 is 0 Å². The molecular formula is C26H30FN3O3. The zero-order valence-electron chi connectivity index (χ0n) is 19.2. The summed E-state index contributed by atoms with van der Waals surface area (Å²) in [6.07, 6.45) is 4.95. The second-order valence-corrected chi connectivity index (χ2v) is 8.61. The number of carbonyl (C=O) groups is 1. The first kappa shape index (κ1) is 23.1. The van der Waals surface area contributed by atoms with Crippen LogP contribution in [0.2, 0.25) is 0 Å². The molecule has 33 heavy (non-hydrogen) atoms. The standard InChI is InChI=1S/C26H30FN3O3/c1-18(29(16-17-33-2)25(31)19-10-4-3-5-11-19)24-28-22-14-8-6-12-20(22)26(32)30(24)23-15-9-7-13-21(23)27/h6-9,12-15,18-19H,3-5,10-11,16-17H2,1-2H3. The number of nitrogens with zero attached hydrogens (tertiary/aromatic N) is 3. The predicted octanol–water partition coefficient (Wildman–Crippen LogP) is 4.64. The van der Waals surface area contributed by atoms with Crippen LogP contribution in [-0.4, -0.2) is 40.6 Å². The number of benzene rings is 2. The van der Waals surface area contributed by atoms with Crippen LogP contribution < -0.4 is 5.56 Å². The van der Waals surface area contributed by atoms with Gasteiger partial charge in [0.1, 0.15) is 11.6 Å². The van der Waals surface area contributed by atoms with Gasteiger partial charge in [-0.1, -0.05) is 43.5 Å². The van der Waals surface area contributed by atoms with Gasteiger partial charge in [-0.3, -0.25) is 14.2 Å². The summed E-state index contributed by atoms with van der Waals surface area (Å²) >= 11 is 0. The van der Waals surface area contributed by atoms with Gasteiger partial charge in [-0.15, -0.1) is 0 Å². The number of hydrogen-bond donors (Lipinski definition) is 0. The van der Waals surface area contributed by atoms with Crippen molar-refractivity contribution in [2.75, 3.05) is 20.3 Å². The van der Waals surface area contributed by atoms with Crippen molar-refractivity contribution < 1.29 is 13.9 Å². The first-order valence-corrected chi connectivity index (χ1v) is 11.6. The number of methoxy groups -OCH3 is 1. The van der Waals surface area contributed by atoms with E-state index in [1.807, 2.05) is 13.0 Å². The Hall–Kier alpha value is -3.06. The molecule has 1 aromatic heterocycles. The lowest BCUT2D eigenvalue weighted by molar-refractivity contribution is -0.139. The Balaban J connectivity index is 1.86. The normalized spacial score (nSPS) is 15.5. The van der Waals surface area contributed by atoms with Crippen molar-refractivity contribution in [3.8, 4) is 5.69 Å². The van der Waals surface area contributed by atoms with Crippen LogP contribution >= 0.6 is 0 Å². The number of hydrogen-bond acceptors (Lipinski definition) is 4. The van der Waals surface area contributed by atoms with Gasteiger partial charge in [-0.05, 0) is 44.0 Å². The highest BCUT2D eigenvalue weighted by atomic mass is 19.1. The van der Waals surface area contributed by atoms with Gasteiger partial charge >= 0.3 is 0 Å². The summed E-state index contributed by atoms with van der Waals surface area (Å²) in [4.78, 5) is 33.6. The lowest BCUT2D eigenvalue weighted by Gasteiger charge is -2.34. The summed E-state index contributed by atoms with van der Waals surface area (Å²) in [6, 6.07) is 12.6. The highest BCUT2D eigenvalue weighted by molar-refractivity contribution is 5.80. The smallest absolute Gasteiger partial charge is 0.266 e. The Labute approximate surface area is 193 Å². The van der Waals surface area contributed by atoms with Crippen molar-refractivity contribution in [3.05, 3.63) is 70.5 Å². The number of amides is 1. The van der Waals surface area contributed by atoms with E-state index in [2.05, 4.69) is 0 Å². The first-order valence-electron chi connectivity index (χ1n) is 11.6. The molecule has 1 aliphatic rings. The quantitative estimate of drug-likeness (QED) is 0.525. The second-order valence-electron chi connectivity index (χ2n) is 8.61. The Morgan fingerprint density at radius 3 is 2.58 bits per heavy atom. The van der Waals surface area contributed by atoms with Gasteiger partial charge in [0, 0.05) is 19.6 Å². The van der Waals surface area contributed by atoms with Crippen LogP contribution in [0.25, 0.3) is 16.6 Å². The summed E-state index contributed by atoms with van der Waals surface area (Å²) in [5, 5.41) is 0.402. The third kappa shape index (κ3) is 4.69. The molecule has 4 rings (SSSR count). The van der Waals surface area contributed by atoms with Crippen LogP contribution in [0.15, 0.2) is 53.3 Å². The fraction of sp³-hybridized carbons (Fsp3) is 0.423. The minimum absolute atomic E-state index is 0.0433. The van der Waals surface area contributed by atoms with Gasteiger partial charge in [0.15, 0.2) is 0 Å². The molecule has 1 atom stereocenters. The summed E-state index contributed by atoms with van der Waals surface area (Å²) in [7, 11) is 1.59. The minimum atomic E-state index is -0.550. The fourth-order valence-electron chi connectivity index (χ4n) is 4.70. The van der Waals surface area contributed by atoms with E-state index in [0.29, 0.717) is 29.9 Å². The van der Waals surface area contributed by atoms with Crippen molar-refractivity contribution in [2.45, 2.75) is 45.1 Å². The van der Waals surface area contributed by atoms with E-state index in [1.54, 1.807) is 48.4 Å². The third-order valence-corrected chi connectivity index (χ3v) is 6.51. The highest BCUT2D eigenvalue weighted by Crippen LogP contribution is 2.30. The summed E-state index contributed by atoms with van der Waals surface area (Å²) in [5.74, 6) is -0.190. The van der Waals surface area contributed by atoms with Crippen molar-refractivity contribution in [3.63, 3.8) is 0 Å². The molecule has 0 spiro atoms. The number of carbonyl (C=O) groups excluding carboxylic acids is 1. The third-order valence-electron chi connectivity index (χ3n) is 6.51. The molecule has 2 aromatic carbocycles. The molecule has 0 bridgehead atoms. The molecule has 0 aliphatic heterocycles. The molecule has 1 amide bonds. The molecule has 1 saturated carbocycles. The Morgan fingerprint density at radius 2 is 1.85 bits per heavy atom. The molecule has 1 fully saturated rings. The molecule has 174 valence electrons. The fourth-order valence-corrected chi connectivity index (χ4v) is 4.70. The van der Waals surface area contributed by atoms with Crippen molar-refractivity contribution in [1.29, 1.82) is 0 Å². The Kier molecular flexibility index (Phi) is 7.18. The monoisotopic (exact) mass is 451 g/mol. The van der Waals surface area contributed by atoms with Gasteiger partial charge in [-0.2, -0.15) is 0 Å². The van der Waals surface area contributed by atoms with Gasteiger partial charge < -0.3 is 9.64 Å². The van der Waals surface area contributed by atoms with Gasteiger partial charge in [0.2, 0.25) is 5.91 Å². The van der Waals surface area contributed by atoms with Crippen molar-refractivity contribution >= 4 is 16.8 Å². The predicted molar refractivity (Wildman–Crippen MR) is 126 cm³/mol. The lowest BCUT2D eigenvalue weighted by Crippen LogP contribution is -2.42. The average molecular weight is 452 g/mol. The molecule has 3 aromatic rings. The van der Waals surface area contributed by atoms with E-state index < -0.39 is 11.9 Å². The number of aromatic nitrogens is 2. The van der Waals surface area contributed by atoms with Gasteiger partial charge in [0.05, 0.1) is 29.2 Å². The van der Waals surface area contributed by atoms with Crippen LogP contribution in [0.4, 0.5) is 4.39 Å². The zero-order chi connectivity index (χ0) is 23.4. The largest absolute Gasteiger partial charge is 0.383 e. The molecule has 1 heterocycles. The maximum absolute atomic E-state index is 14.9. The summed E-state index contributed by atoms with van der Waals surface area (Å²) in [5.41, 5.74) is 0.289. The Bertz CT molecular complexity index is 1190. The maximum Gasteiger partial charge on any atom is 0.266 e. The molecule has 7 heteroatoms. The van der Waals surface area contributed by atoms with E-state index in [9.17, 15) is 14.0 Å². The van der Waals surface area contributed by atoms with Crippen LogP contribution in [0, 0.1) is 11.7 Å². The van der Waals surface area contributed by atoms with E-state index in [1.165, 1.54) is 10.6 Å². The number of fused-ring (bicyclic) bond motifs is 1. The number of ether oxygens (including phenoxy) is 1. The molecule has 1 aliphatic carbocycles.